The highest BCUT2D eigenvalue weighted by atomic mass is 32.1. The van der Waals surface area contributed by atoms with Crippen LogP contribution in [0.4, 0.5) is 0 Å². The fraction of sp³-hybridized carbons (Fsp3) is 0.312. The summed E-state index contributed by atoms with van der Waals surface area (Å²) in [4.78, 5) is 4.75. The van der Waals surface area contributed by atoms with Crippen LogP contribution in [0.15, 0.2) is 42.6 Å². The maximum atomic E-state index is 4.75. The Morgan fingerprint density at radius 1 is 1.19 bits per heavy atom. The van der Waals surface area contributed by atoms with Crippen molar-refractivity contribution < 1.29 is 0 Å². The third kappa shape index (κ3) is 3.43. The molecule has 21 heavy (non-hydrogen) atoms. The number of aromatic nitrogens is 3. The second-order valence-corrected chi connectivity index (χ2v) is 5.60. The highest BCUT2D eigenvalue weighted by molar-refractivity contribution is 6.99. The molecule has 2 aromatic heterocycles. The Labute approximate surface area is 128 Å². The second kappa shape index (κ2) is 6.74. The Morgan fingerprint density at radius 3 is 2.90 bits per heavy atom. The van der Waals surface area contributed by atoms with Crippen LogP contribution in [0.5, 0.6) is 0 Å². The van der Waals surface area contributed by atoms with Gasteiger partial charge in [0.05, 0.1) is 35.2 Å². The molecule has 1 N–H and O–H groups in total. The highest BCUT2D eigenvalue weighted by Gasteiger charge is 2.15. The molecule has 0 bridgehead atoms. The summed E-state index contributed by atoms with van der Waals surface area (Å²) >= 11 is 1.25. The molecule has 0 saturated heterocycles. The molecule has 3 aromatic rings. The van der Waals surface area contributed by atoms with Gasteiger partial charge in [-0.3, -0.25) is 4.98 Å². The summed E-state index contributed by atoms with van der Waals surface area (Å²) in [5.74, 6) is 0. The van der Waals surface area contributed by atoms with Crippen molar-refractivity contribution in [2.75, 3.05) is 6.54 Å². The minimum Gasteiger partial charge on any atom is -0.308 e. The fourth-order valence-corrected chi connectivity index (χ4v) is 2.83. The van der Waals surface area contributed by atoms with Gasteiger partial charge < -0.3 is 5.32 Å². The Hall–Kier alpha value is -1.85. The van der Waals surface area contributed by atoms with Gasteiger partial charge >= 0.3 is 0 Å². The van der Waals surface area contributed by atoms with Crippen LogP contribution in [0.1, 0.15) is 30.8 Å². The van der Waals surface area contributed by atoms with Crippen molar-refractivity contribution in [1.29, 1.82) is 0 Å². The molecule has 4 nitrogen and oxygen atoms in total. The maximum Gasteiger partial charge on any atom is 0.0916 e. The number of nitrogens with zero attached hydrogens (tertiary/aromatic N) is 3. The van der Waals surface area contributed by atoms with Crippen LogP contribution < -0.4 is 5.32 Å². The fourth-order valence-electron chi connectivity index (χ4n) is 2.36. The van der Waals surface area contributed by atoms with E-state index in [1.807, 2.05) is 18.3 Å². The molecule has 2 heterocycles. The predicted octanol–water partition coefficient (Wildman–Crippen LogP) is 3.37. The molecule has 0 aliphatic heterocycles. The number of hydrogen-bond donors (Lipinski definition) is 1. The van der Waals surface area contributed by atoms with Crippen molar-refractivity contribution in [3.63, 3.8) is 0 Å². The van der Waals surface area contributed by atoms with Crippen molar-refractivity contribution in [2.24, 2.45) is 0 Å². The Balaban J connectivity index is 1.83. The smallest absolute Gasteiger partial charge is 0.0916 e. The topological polar surface area (TPSA) is 50.7 Å². The van der Waals surface area contributed by atoms with Gasteiger partial charge in [0.25, 0.3) is 0 Å². The van der Waals surface area contributed by atoms with Crippen molar-refractivity contribution in [2.45, 2.75) is 25.8 Å². The Morgan fingerprint density at radius 2 is 2.10 bits per heavy atom. The van der Waals surface area contributed by atoms with Crippen molar-refractivity contribution >= 4 is 22.6 Å². The lowest BCUT2D eigenvalue weighted by Crippen LogP contribution is -2.24. The van der Waals surface area contributed by atoms with E-state index in [1.165, 1.54) is 17.1 Å². The molecule has 108 valence electrons. The molecule has 1 aromatic carbocycles. The second-order valence-electron chi connectivity index (χ2n) is 5.04. The largest absolute Gasteiger partial charge is 0.308 e. The first-order valence-corrected chi connectivity index (χ1v) is 7.95. The number of hydrogen-bond acceptors (Lipinski definition) is 5. The van der Waals surface area contributed by atoms with E-state index < -0.39 is 0 Å². The number of benzene rings is 1. The molecule has 0 amide bonds. The molecule has 3 rings (SSSR count). The highest BCUT2D eigenvalue weighted by Crippen LogP contribution is 2.18. The third-order valence-corrected chi connectivity index (χ3v) is 3.94. The van der Waals surface area contributed by atoms with E-state index >= 15 is 0 Å². The lowest BCUT2D eigenvalue weighted by atomic mass is 10.1. The summed E-state index contributed by atoms with van der Waals surface area (Å²) in [5, 5.41) is 4.71. The van der Waals surface area contributed by atoms with Crippen molar-refractivity contribution in [3.05, 3.63) is 54.0 Å². The molecule has 5 heteroatoms. The molecule has 0 saturated carbocycles. The van der Waals surface area contributed by atoms with Crippen LogP contribution in [0.25, 0.3) is 10.9 Å². The van der Waals surface area contributed by atoms with Gasteiger partial charge in [0.15, 0.2) is 0 Å². The van der Waals surface area contributed by atoms with Gasteiger partial charge in [-0.05, 0) is 25.1 Å². The summed E-state index contributed by atoms with van der Waals surface area (Å²) < 4.78 is 8.48. The molecule has 1 unspecified atom stereocenters. The van der Waals surface area contributed by atoms with E-state index in [-0.39, 0.29) is 6.04 Å². The maximum absolute atomic E-state index is 4.75. The average Bonchev–Trinajstić information content (AvgIpc) is 3.05. The third-order valence-electron chi connectivity index (χ3n) is 3.45. The standard InChI is InChI=1S/C16H18N4S/c1-2-9-17-15(16-11-18-21-20-16)10-13-8-7-12-5-3-4-6-14(12)19-13/h3-8,11,15,17H,2,9-10H2,1H3. The summed E-state index contributed by atoms with van der Waals surface area (Å²) in [6.45, 7) is 3.13. The van der Waals surface area contributed by atoms with Crippen LogP contribution in [-0.4, -0.2) is 20.3 Å². The van der Waals surface area contributed by atoms with E-state index in [2.05, 4.69) is 45.3 Å². The van der Waals surface area contributed by atoms with Crippen molar-refractivity contribution in [3.8, 4) is 0 Å². The molecule has 1 atom stereocenters. The van der Waals surface area contributed by atoms with Crippen LogP contribution in [-0.2, 0) is 6.42 Å². The number of nitrogens with one attached hydrogen (secondary N) is 1. The lowest BCUT2D eigenvalue weighted by Gasteiger charge is -2.15. The summed E-state index contributed by atoms with van der Waals surface area (Å²) in [5.41, 5.74) is 3.12. The summed E-state index contributed by atoms with van der Waals surface area (Å²) in [6.07, 6.45) is 3.77. The Bertz CT molecular complexity index is 696. The first-order valence-electron chi connectivity index (χ1n) is 7.22. The molecule has 0 spiro atoms. The van der Waals surface area contributed by atoms with Gasteiger partial charge in [0, 0.05) is 17.5 Å². The zero-order valence-electron chi connectivity index (χ0n) is 12.0. The number of rotatable bonds is 6. The quantitative estimate of drug-likeness (QED) is 0.758. The van der Waals surface area contributed by atoms with Gasteiger partial charge in [-0.1, -0.05) is 31.2 Å². The monoisotopic (exact) mass is 298 g/mol. The number of pyridine rings is 1. The van der Waals surface area contributed by atoms with Crippen LogP contribution in [0.2, 0.25) is 0 Å². The molecular weight excluding hydrogens is 280 g/mol. The average molecular weight is 298 g/mol. The molecule has 0 radical (unpaired) electrons. The van der Waals surface area contributed by atoms with E-state index in [4.69, 9.17) is 4.98 Å². The minimum absolute atomic E-state index is 0.178. The van der Waals surface area contributed by atoms with Crippen LogP contribution in [0, 0.1) is 0 Å². The first-order chi connectivity index (χ1) is 10.4. The van der Waals surface area contributed by atoms with E-state index in [1.54, 1.807) is 0 Å². The van der Waals surface area contributed by atoms with Crippen LogP contribution in [0.3, 0.4) is 0 Å². The summed E-state index contributed by atoms with van der Waals surface area (Å²) in [7, 11) is 0. The van der Waals surface area contributed by atoms with Gasteiger partial charge in [0.2, 0.25) is 0 Å². The number of para-hydroxylation sites is 1. The van der Waals surface area contributed by atoms with Crippen molar-refractivity contribution in [1.82, 2.24) is 19.0 Å². The molecule has 0 fully saturated rings. The zero-order valence-corrected chi connectivity index (χ0v) is 12.8. The van der Waals surface area contributed by atoms with Crippen LogP contribution >= 0.6 is 11.7 Å². The van der Waals surface area contributed by atoms with E-state index in [9.17, 15) is 0 Å². The first kappa shape index (κ1) is 14.1. The predicted molar refractivity (Wildman–Crippen MR) is 86.4 cm³/mol. The molecule has 0 aliphatic carbocycles. The SMILES string of the molecule is CCCNC(Cc1ccc2ccccc2n1)c1cnsn1. The van der Waals surface area contributed by atoms with E-state index in [0.29, 0.717) is 0 Å². The van der Waals surface area contributed by atoms with Gasteiger partial charge in [-0.15, -0.1) is 0 Å². The lowest BCUT2D eigenvalue weighted by molar-refractivity contribution is 0.517. The summed E-state index contributed by atoms with van der Waals surface area (Å²) in [6, 6.07) is 12.6. The normalized spacial score (nSPS) is 12.6. The van der Waals surface area contributed by atoms with E-state index in [0.717, 1.165) is 36.3 Å². The zero-order chi connectivity index (χ0) is 14.5. The minimum atomic E-state index is 0.178. The Kier molecular flexibility index (Phi) is 4.52. The molecule has 0 aliphatic rings. The van der Waals surface area contributed by atoms with Gasteiger partial charge in [-0.2, -0.15) is 8.75 Å². The van der Waals surface area contributed by atoms with Gasteiger partial charge in [0.1, 0.15) is 0 Å². The number of fused-ring (bicyclic) bond motifs is 1. The van der Waals surface area contributed by atoms with Gasteiger partial charge in [-0.25, -0.2) is 0 Å². The molecular formula is C16H18N4S.